The van der Waals surface area contributed by atoms with Crippen molar-refractivity contribution in [3.8, 4) is 5.75 Å². The fourth-order valence-electron chi connectivity index (χ4n) is 4.04. The van der Waals surface area contributed by atoms with Gasteiger partial charge in [0.25, 0.3) is 5.91 Å². The molecule has 0 fully saturated rings. The minimum Gasteiger partial charge on any atom is -0.477 e. The molecule has 0 saturated carbocycles. The van der Waals surface area contributed by atoms with Crippen LogP contribution in [0.1, 0.15) is 12.5 Å². The van der Waals surface area contributed by atoms with Crippen LogP contribution in [0, 0.1) is 0 Å². The van der Waals surface area contributed by atoms with E-state index in [0.717, 1.165) is 9.87 Å². The third-order valence-electron chi connectivity index (χ3n) is 5.97. The van der Waals surface area contributed by atoms with Crippen molar-refractivity contribution in [1.82, 2.24) is 9.62 Å². The predicted molar refractivity (Wildman–Crippen MR) is 137 cm³/mol. The fraction of sp³-hybridized carbons (Fsp3) is 0.259. The van der Waals surface area contributed by atoms with E-state index < -0.39 is 22.0 Å². The fourth-order valence-corrected chi connectivity index (χ4v) is 5.46. The minimum absolute atomic E-state index is 0.0179. The van der Waals surface area contributed by atoms with Crippen LogP contribution in [-0.4, -0.2) is 56.8 Å². The number of para-hydroxylation sites is 2. The van der Waals surface area contributed by atoms with E-state index in [-0.39, 0.29) is 30.4 Å². The highest BCUT2D eigenvalue weighted by Crippen LogP contribution is 2.33. The minimum atomic E-state index is -3.86. The lowest BCUT2D eigenvalue weighted by atomic mass is 10.1. The smallest absolute Gasteiger partial charge is 0.262 e. The molecule has 0 spiro atoms. The maximum Gasteiger partial charge on any atom is 0.262 e. The number of carbonyl (C=O) groups excluding carboxylic acids is 2. The Labute approximate surface area is 211 Å². The second kappa shape index (κ2) is 11.4. The van der Waals surface area contributed by atoms with Crippen LogP contribution in [0.2, 0.25) is 0 Å². The number of amides is 2. The molecule has 3 aromatic carbocycles. The third-order valence-corrected chi connectivity index (χ3v) is 7.90. The number of nitrogens with one attached hydrogen (secondary N) is 1. The standard InChI is InChI=1S/C27H29N3O5S/c1-2-29(36(33,34)22-13-7-4-8-14-22)20-26(31)30-19-25(35-24-16-10-9-15-23(24)30)27(32)28-18-17-21-11-5-3-6-12-21/h3-16,25H,2,17-20H2,1H3,(H,28,32). The molecule has 3 aromatic rings. The molecule has 0 aromatic heterocycles. The Hall–Kier alpha value is -3.69. The molecule has 0 bridgehead atoms. The number of rotatable bonds is 9. The highest BCUT2D eigenvalue weighted by atomic mass is 32.2. The Morgan fingerprint density at radius 1 is 0.972 bits per heavy atom. The molecule has 36 heavy (non-hydrogen) atoms. The number of nitrogens with zero attached hydrogens (tertiary/aromatic N) is 2. The summed E-state index contributed by atoms with van der Waals surface area (Å²) in [5.41, 5.74) is 1.60. The molecule has 0 radical (unpaired) electrons. The van der Waals surface area contributed by atoms with Gasteiger partial charge in [-0.3, -0.25) is 9.59 Å². The lowest BCUT2D eigenvalue weighted by Gasteiger charge is -2.35. The number of sulfonamides is 1. The Kier molecular flexibility index (Phi) is 8.02. The SMILES string of the molecule is CCN(CC(=O)N1CC(C(=O)NCCc2ccccc2)Oc2ccccc21)S(=O)(=O)c1ccccc1. The largest absolute Gasteiger partial charge is 0.477 e. The van der Waals surface area contributed by atoms with Crippen LogP contribution in [0.4, 0.5) is 5.69 Å². The van der Waals surface area contributed by atoms with E-state index in [1.54, 1.807) is 49.4 Å². The Morgan fingerprint density at radius 2 is 1.61 bits per heavy atom. The van der Waals surface area contributed by atoms with Gasteiger partial charge in [-0.15, -0.1) is 0 Å². The third kappa shape index (κ3) is 5.75. The summed E-state index contributed by atoms with van der Waals surface area (Å²) in [6.07, 6.45) is -0.248. The first-order valence-corrected chi connectivity index (χ1v) is 13.3. The monoisotopic (exact) mass is 507 g/mol. The molecule has 2 amide bonds. The first-order valence-electron chi connectivity index (χ1n) is 11.8. The molecule has 1 aliphatic heterocycles. The molecule has 1 heterocycles. The molecular weight excluding hydrogens is 478 g/mol. The van der Waals surface area contributed by atoms with Crippen molar-refractivity contribution in [2.24, 2.45) is 0 Å². The first kappa shape index (κ1) is 25.4. The lowest BCUT2D eigenvalue weighted by molar-refractivity contribution is -0.128. The van der Waals surface area contributed by atoms with Gasteiger partial charge in [0.1, 0.15) is 5.75 Å². The Bertz CT molecular complexity index is 1300. The first-order chi connectivity index (χ1) is 17.4. The van der Waals surface area contributed by atoms with Gasteiger partial charge in [0, 0.05) is 13.1 Å². The summed E-state index contributed by atoms with van der Waals surface area (Å²) in [6, 6.07) is 24.8. The number of hydrogen-bond acceptors (Lipinski definition) is 5. The van der Waals surface area contributed by atoms with Gasteiger partial charge >= 0.3 is 0 Å². The summed E-state index contributed by atoms with van der Waals surface area (Å²) in [4.78, 5) is 27.9. The maximum absolute atomic E-state index is 13.4. The van der Waals surface area contributed by atoms with E-state index in [0.29, 0.717) is 24.4 Å². The number of carbonyl (C=O) groups is 2. The van der Waals surface area contributed by atoms with E-state index in [4.69, 9.17) is 4.74 Å². The van der Waals surface area contributed by atoms with Crippen molar-refractivity contribution < 1.29 is 22.7 Å². The van der Waals surface area contributed by atoms with Crippen LogP contribution in [-0.2, 0) is 26.0 Å². The topological polar surface area (TPSA) is 96.0 Å². The van der Waals surface area contributed by atoms with Gasteiger partial charge in [0.05, 0.1) is 23.7 Å². The number of likely N-dealkylation sites (N-methyl/N-ethyl adjacent to an activating group) is 1. The maximum atomic E-state index is 13.4. The van der Waals surface area contributed by atoms with Crippen molar-refractivity contribution in [2.45, 2.75) is 24.3 Å². The summed E-state index contributed by atoms with van der Waals surface area (Å²) in [7, 11) is -3.86. The molecule has 1 atom stereocenters. The van der Waals surface area contributed by atoms with Crippen molar-refractivity contribution >= 4 is 27.5 Å². The molecule has 1 aliphatic rings. The van der Waals surface area contributed by atoms with Gasteiger partial charge in [-0.2, -0.15) is 4.31 Å². The van der Waals surface area contributed by atoms with Crippen LogP contribution in [0.3, 0.4) is 0 Å². The predicted octanol–water partition coefficient (Wildman–Crippen LogP) is 2.85. The summed E-state index contributed by atoms with van der Waals surface area (Å²) in [5.74, 6) is -0.369. The molecule has 4 rings (SSSR count). The van der Waals surface area contributed by atoms with Gasteiger partial charge in [-0.1, -0.05) is 67.6 Å². The molecule has 1 N–H and O–H groups in total. The van der Waals surface area contributed by atoms with Crippen molar-refractivity contribution in [3.05, 3.63) is 90.5 Å². The van der Waals surface area contributed by atoms with Crippen molar-refractivity contribution in [3.63, 3.8) is 0 Å². The zero-order chi connectivity index (χ0) is 25.5. The van der Waals surface area contributed by atoms with E-state index >= 15 is 0 Å². The zero-order valence-electron chi connectivity index (χ0n) is 20.0. The van der Waals surface area contributed by atoms with Crippen molar-refractivity contribution in [1.29, 1.82) is 0 Å². The lowest BCUT2D eigenvalue weighted by Crippen LogP contribution is -2.53. The van der Waals surface area contributed by atoms with Crippen LogP contribution in [0.5, 0.6) is 5.75 Å². The Balaban J connectivity index is 1.48. The van der Waals surface area contributed by atoms with Crippen molar-refractivity contribution in [2.75, 3.05) is 31.1 Å². The van der Waals surface area contributed by atoms with Gasteiger partial charge in [0.2, 0.25) is 15.9 Å². The van der Waals surface area contributed by atoms with E-state index in [2.05, 4.69) is 5.32 Å². The van der Waals surface area contributed by atoms with Gasteiger partial charge in [-0.05, 0) is 36.2 Å². The van der Waals surface area contributed by atoms with Crippen LogP contribution < -0.4 is 15.0 Å². The highest BCUT2D eigenvalue weighted by Gasteiger charge is 2.35. The van der Waals surface area contributed by atoms with Gasteiger partial charge in [-0.25, -0.2) is 8.42 Å². The summed E-state index contributed by atoms with van der Waals surface area (Å²) in [6.45, 7) is 1.86. The quantitative estimate of drug-likeness (QED) is 0.481. The normalized spacial score (nSPS) is 15.2. The number of anilines is 1. The Morgan fingerprint density at radius 3 is 2.31 bits per heavy atom. The van der Waals surface area contributed by atoms with Crippen LogP contribution in [0.15, 0.2) is 89.8 Å². The van der Waals surface area contributed by atoms with Gasteiger partial charge in [0.15, 0.2) is 6.10 Å². The second-order valence-corrected chi connectivity index (χ2v) is 10.3. The van der Waals surface area contributed by atoms with E-state index in [1.165, 1.54) is 17.0 Å². The molecule has 0 aliphatic carbocycles. The zero-order valence-corrected chi connectivity index (χ0v) is 20.9. The van der Waals surface area contributed by atoms with E-state index in [1.807, 2.05) is 30.3 Å². The van der Waals surface area contributed by atoms with Crippen LogP contribution in [0.25, 0.3) is 0 Å². The molecule has 1 unspecified atom stereocenters. The van der Waals surface area contributed by atoms with E-state index in [9.17, 15) is 18.0 Å². The number of hydrogen-bond donors (Lipinski definition) is 1. The second-order valence-electron chi connectivity index (χ2n) is 8.35. The number of ether oxygens (including phenoxy) is 1. The summed E-state index contributed by atoms with van der Waals surface area (Å²) >= 11 is 0. The molecule has 9 heteroatoms. The van der Waals surface area contributed by atoms with Gasteiger partial charge < -0.3 is 15.0 Å². The van der Waals surface area contributed by atoms with Crippen LogP contribution >= 0.6 is 0 Å². The molecule has 8 nitrogen and oxygen atoms in total. The highest BCUT2D eigenvalue weighted by molar-refractivity contribution is 7.89. The average Bonchev–Trinajstić information content (AvgIpc) is 2.91. The molecular formula is C27H29N3O5S. The number of fused-ring (bicyclic) bond motifs is 1. The molecule has 188 valence electrons. The summed E-state index contributed by atoms with van der Waals surface area (Å²) < 4.78 is 33.2. The number of benzene rings is 3. The summed E-state index contributed by atoms with van der Waals surface area (Å²) in [5, 5.41) is 2.88. The average molecular weight is 508 g/mol. The molecule has 0 saturated heterocycles.